The van der Waals surface area contributed by atoms with E-state index in [1.807, 2.05) is 23.5 Å². The molecule has 0 amide bonds. The van der Waals surface area contributed by atoms with Crippen LogP contribution in [0, 0.1) is 0 Å². The molecule has 49 heavy (non-hydrogen) atoms. The summed E-state index contributed by atoms with van der Waals surface area (Å²) >= 11 is 3.85. The smallest absolute Gasteiger partial charge is 0.0588 e. The molecule has 0 bridgehead atoms. The lowest BCUT2D eigenvalue weighted by atomic mass is 9.81. The second-order valence-electron chi connectivity index (χ2n) is 13.7. The number of para-hydroxylation sites is 3. The zero-order valence-corrected chi connectivity index (χ0v) is 28.7. The lowest BCUT2D eigenvalue weighted by molar-refractivity contribution is 0.645. The third-order valence-corrected chi connectivity index (χ3v) is 13.3. The van der Waals surface area contributed by atoms with Crippen molar-refractivity contribution in [2.45, 2.75) is 38.8 Å². The number of hydrogen-bond donors (Lipinski definition) is 0. The van der Waals surface area contributed by atoms with Gasteiger partial charge in [-0.25, -0.2) is 0 Å². The number of fused-ring (bicyclic) bond motifs is 13. The van der Waals surface area contributed by atoms with Crippen LogP contribution in [0.25, 0.3) is 66.1 Å². The molecule has 0 saturated heterocycles. The molecule has 2 nitrogen and oxygen atoms in total. The fourth-order valence-electron chi connectivity index (χ4n) is 8.70. The van der Waals surface area contributed by atoms with Gasteiger partial charge in [0.1, 0.15) is 0 Å². The zero-order valence-electron chi connectivity index (χ0n) is 27.1. The van der Waals surface area contributed by atoms with Gasteiger partial charge in [0.25, 0.3) is 0 Å². The van der Waals surface area contributed by atoms with Gasteiger partial charge < -0.3 is 9.13 Å². The van der Waals surface area contributed by atoms with Crippen molar-refractivity contribution in [2.24, 2.45) is 0 Å². The van der Waals surface area contributed by atoms with Crippen molar-refractivity contribution in [3.63, 3.8) is 0 Å². The molecule has 1 aliphatic carbocycles. The van der Waals surface area contributed by atoms with E-state index in [4.69, 9.17) is 0 Å². The van der Waals surface area contributed by atoms with E-state index in [1.165, 1.54) is 96.8 Å². The number of rotatable bonds is 2. The minimum atomic E-state index is -0.199. The third kappa shape index (κ3) is 3.71. The van der Waals surface area contributed by atoms with E-state index in [0.29, 0.717) is 0 Å². The number of hydrogen-bond acceptors (Lipinski definition) is 2. The molecule has 0 N–H and O–H groups in total. The Labute approximate surface area is 293 Å². The average Bonchev–Trinajstić information content (AvgIpc) is 3.74. The molecule has 2 aromatic heterocycles. The monoisotopic (exact) mass is 662 g/mol. The van der Waals surface area contributed by atoms with Crippen LogP contribution in [0.15, 0.2) is 165 Å². The summed E-state index contributed by atoms with van der Waals surface area (Å²) in [5.41, 5.74) is 12.8. The summed E-state index contributed by atoms with van der Waals surface area (Å²) in [5, 5.41) is 5.13. The molecule has 2 aliphatic rings. The van der Waals surface area contributed by atoms with Crippen molar-refractivity contribution in [2.75, 3.05) is 0 Å². The van der Waals surface area contributed by atoms with Gasteiger partial charge in [0.05, 0.1) is 22.1 Å². The van der Waals surface area contributed by atoms with Gasteiger partial charge in [-0.2, -0.15) is 0 Å². The largest absolute Gasteiger partial charge is 0.309 e. The summed E-state index contributed by atoms with van der Waals surface area (Å²) in [7, 11) is 0. The van der Waals surface area contributed by atoms with Crippen LogP contribution in [0.4, 0.5) is 0 Å². The first kappa shape index (κ1) is 27.8. The van der Waals surface area contributed by atoms with Gasteiger partial charge in [-0.3, -0.25) is 0 Å². The molecule has 4 heteroatoms. The van der Waals surface area contributed by atoms with Crippen LogP contribution in [-0.4, -0.2) is 9.13 Å². The highest BCUT2D eigenvalue weighted by molar-refractivity contribution is 8.05. The molecule has 0 fully saturated rings. The molecule has 3 heterocycles. The van der Waals surface area contributed by atoms with Crippen molar-refractivity contribution in [3.05, 3.63) is 157 Å². The van der Waals surface area contributed by atoms with Gasteiger partial charge in [-0.15, -0.1) is 0 Å². The van der Waals surface area contributed by atoms with Gasteiger partial charge in [0.2, 0.25) is 0 Å². The van der Waals surface area contributed by atoms with Crippen molar-refractivity contribution < 1.29 is 0 Å². The van der Waals surface area contributed by atoms with Crippen LogP contribution >= 0.6 is 23.5 Å². The molecular formula is C45H30N2S2. The summed E-state index contributed by atoms with van der Waals surface area (Å²) < 4.78 is 4.95. The van der Waals surface area contributed by atoms with Gasteiger partial charge in [0.15, 0.2) is 0 Å². The number of nitrogens with zero attached hydrogens (tertiary/aromatic N) is 2. The Balaban J connectivity index is 1.20. The maximum Gasteiger partial charge on any atom is 0.0588 e. The molecule has 7 aromatic carbocycles. The fraction of sp³-hybridized carbons (Fsp3) is 0.0667. The molecule has 0 atom stereocenters. The molecule has 0 unspecified atom stereocenters. The van der Waals surface area contributed by atoms with Crippen LogP contribution < -0.4 is 0 Å². The molecule has 11 rings (SSSR count). The molecule has 0 radical (unpaired) electrons. The SMILES string of the molecule is CC1(C)c2c(ccc3c2Sc2ccccc2S3)-c2ccc3c4ccccc4n(-c4ccc5c(c4)c4ccccc4n5-c4ccccc4)c3c21. The van der Waals surface area contributed by atoms with Crippen LogP contribution in [0.1, 0.15) is 25.0 Å². The Morgan fingerprint density at radius 1 is 0.429 bits per heavy atom. The summed E-state index contributed by atoms with van der Waals surface area (Å²) in [5.74, 6) is 0. The van der Waals surface area contributed by atoms with E-state index in [9.17, 15) is 0 Å². The molecule has 232 valence electrons. The summed E-state index contributed by atoms with van der Waals surface area (Å²) in [6, 6.07) is 53.9. The normalized spacial score (nSPS) is 14.3. The quantitative estimate of drug-likeness (QED) is 0.182. The average molecular weight is 663 g/mol. The first-order valence-electron chi connectivity index (χ1n) is 16.9. The van der Waals surface area contributed by atoms with Crippen LogP contribution in [0.5, 0.6) is 0 Å². The minimum Gasteiger partial charge on any atom is -0.309 e. The van der Waals surface area contributed by atoms with Gasteiger partial charge >= 0.3 is 0 Å². The van der Waals surface area contributed by atoms with Crippen molar-refractivity contribution in [1.29, 1.82) is 0 Å². The van der Waals surface area contributed by atoms with Gasteiger partial charge in [-0.1, -0.05) is 122 Å². The van der Waals surface area contributed by atoms with E-state index in [-0.39, 0.29) is 5.41 Å². The highest BCUT2D eigenvalue weighted by atomic mass is 32.2. The second-order valence-corrected chi connectivity index (χ2v) is 15.9. The maximum atomic E-state index is 2.55. The number of benzene rings is 7. The molecule has 9 aromatic rings. The Bertz CT molecular complexity index is 2860. The van der Waals surface area contributed by atoms with E-state index < -0.39 is 0 Å². The van der Waals surface area contributed by atoms with Crippen molar-refractivity contribution >= 4 is 67.1 Å². The van der Waals surface area contributed by atoms with Gasteiger partial charge in [0, 0.05) is 57.9 Å². The lowest BCUT2D eigenvalue weighted by Crippen LogP contribution is -2.18. The molecule has 0 spiro atoms. The minimum absolute atomic E-state index is 0.199. The Morgan fingerprint density at radius 3 is 1.84 bits per heavy atom. The van der Waals surface area contributed by atoms with E-state index in [0.717, 1.165) is 0 Å². The van der Waals surface area contributed by atoms with Crippen LogP contribution in [-0.2, 0) is 5.41 Å². The van der Waals surface area contributed by atoms with Crippen LogP contribution in [0.2, 0.25) is 0 Å². The Kier molecular flexibility index (Phi) is 5.63. The predicted molar refractivity (Wildman–Crippen MR) is 207 cm³/mol. The first-order valence-corrected chi connectivity index (χ1v) is 18.5. The molecule has 1 aliphatic heterocycles. The van der Waals surface area contributed by atoms with Gasteiger partial charge in [-0.05, 0) is 82.9 Å². The van der Waals surface area contributed by atoms with Crippen molar-refractivity contribution in [3.8, 4) is 22.5 Å². The molecular weight excluding hydrogens is 633 g/mol. The topological polar surface area (TPSA) is 9.86 Å². The summed E-state index contributed by atoms with van der Waals surface area (Å²) in [4.78, 5) is 5.47. The summed E-state index contributed by atoms with van der Waals surface area (Å²) in [6.07, 6.45) is 0. The number of aromatic nitrogens is 2. The first-order chi connectivity index (χ1) is 24.1. The highest BCUT2D eigenvalue weighted by Crippen LogP contribution is 2.60. The fourth-order valence-corrected chi connectivity index (χ4v) is 11.3. The molecule has 0 saturated carbocycles. The van der Waals surface area contributed by atoms with Crippen LogP contribution in [0.3, 0.4) is 0 Å². The summed E-state index contributed by atoms with van der Waals surface area (Å²) in [6.45, 7) is 4.89. The second kappa shape index (κ2) is 9.94. The Morgan fingerprint density at radius 2 is 1.04 bits per heavy atom. The Hall–Kier alpha value is -5.16. The maximum absolute atomic E-state index is 2.55. The lowest BCUT2D eigenvalue weighted by Gasteiger charge is -2.28. The highest BCUT2D eigenvalue weighted by Gasteiger charge is 2.42. The zero-order chi connectivity index (χ0) is 32.4. The van der Waals surface area contributed by atoms with E-state index in [1.54, 1.807) is 0 Å². The third-order valence-electron chi connectivity index (χ3n) is 10.7. The predicted octanol–water partition coefficient (Wildman–Crippen LogP) is 12.8. The van der Waals surface area contributed by atoms with E-state index >= 15 is 0 Å². The van der Waals surface area contributed by atoms with E-state index in [2.05, 4.69) is 169 Å². The standard InChI is InChI=1S/C45H30N2S2/c1-45(2)41-31(32-23-25-40-44(42(32)45)49-39-19-11-10-18-38(39)48-40)21-22-33-29-14-6-9-17-36(29)47(43(33)41)28-20-24-37-34(26-28)30-15-7-8-16-35(30)46(37)27-12-4-3-5-13-27/h3-26H,1-2H3. The van der Waals surface area contributed by atoms with Crippen molar-refractivity contribution in [1.82, 2.24) is 9.13 Å².